The molecule has 1 aromatic carbocycles. The highest BCUT2D eigenvalue weighted by atomic mass is 16.2. The zero-order valence-electron chi connectivity index (χ0n) is 15.3. The van der Waals surface area contributed by atoms with Gasteiger partial charge in [-0.2, -0.15) is 0 Å². The third-order valence-corrected chi connectivity index (χ3v) is 4.64. The molecule has 2 rings (SSSR count). The number of aryl methyl sites for hydroxylation is 1. The maximum Gasteiger partial charge on any atom is 0.227 e. The second kappa shape index (κ2) is 8.18. The summed E-state index contributed by atoms with van der Waals surface area (Å²) in [5.41, 5.74) is 3.16. The van der Waals surface area contributed by atoms with E-state index in [9.17, 15) is 9.59 Å². The smallest absolute Gasteiger partial charge is 0.227 e. The molecule has 2 amide bonds. The van der Waals surface area contributed by atoms with Crippen LogP contribution >= 0.6 is 0 Å². The van der Waals surface area contributed by atoms with Crippen molar-refractivity contribution >= 4 is 23.2 Å². The lowest BCUT2D eigenvalue weighted by atomic mass is 10.1. The first kappa shape index (κ1) is 18.3. The molecule has 1 fully saturated rings. The van der Waals surface area contributed by atoms with Crippen LogP contribution in [-0.2, 0) is 9.59 Å². The second-order valence-corrected chi connectivity index (χ2v) is 6.34. The van der Waals surface area contributed by atoms with Crippen LogP contribution in [0.1, 0.15) is 39.2 Å². The highest BCUT2D eigenvalue weighted by molar-refractivity contribution is 6.01. The summed E-state index contributed by atoms with van der Waals surface area (Å²) in [6.07, 6.45) is 1.20. The molecule has 132 valence electrons. The molecule has 0 radical (unpaired) electrons. The Morgan fingerprint density at radius 2 is 2.00 bits per heavy atom. The number of anilines is 2. The Labute approximate surface area is 145 Å². The summed E-state index contributed by atoms with van der Waals surface area (Å²) in [5.74, 6) is -0.221. The monoisotopic (exact) mass is 331 g/mol. The molecule has 0 aliphatic carbocycles. The number of carbonyl (C=O) groups excluding carboxylic acids is 2. The zero-order valence-corrected chi connectivity index (χ0v) is 15.3. The molecule has 24 heavy (non-hydrogen) atoms. The molecule has 1 aliphatic heterocycles. The molecule has 5 nitrogen and oxygen atoms in total. The van der Waals surface area contributed by atoms with Crippen LogP contribution in [0, 0.1) is 12.8 Å². The third kappa shape index (κ3) is 3.89. The van der Waals surface area contributed by atoms with Gasteiger partial charge in [-0.15, -0.1) is 0 Å². The van der Waals surface area contributed by atoms with Crippen molar-refractivity contribution < 1.29 is 9.59 Å². The van der Waals surface area contributed by atoms with Gasteiger partial charge in [0, 0.05) is 44.0 Å². The van der Waals surface area contributed by atoms with Crippen molar-refractivity contribution in [2.45, 2.75) is 40.5 Å². The number of nitrogens with one attached hydrogen (secondary N) is 1. The first-order valence-corrected chi connectivity index (χ1v) is 8.95. The van der Waals surface area contributed by atoms with Crippen molar-refractivity contribution in [3.05, 3.63) is 23.8 Å². The van der Waals surface area contributed by atoms with E-state index in [0.29, 0.717) is 19.5 Å². The van der Waals surface area contributed by atoms with E-state index in [1.165, 1.54) is 5.69 Å². The van der Waals surface area contributed by atoms with E-state index < -0.39 is 0 Å². The minimum Gasteiger partial charge on any atom is -0.372 e. The van der Waals surface area contributed by atoms with Crippen LogP contribution in [0.4, 0.5) is 11.4 Å². The van der Waals surface area contributed by atoms with Gasteiger partial charge in [0.25, 0.3) is 0 Å². The van der Waals surface area contributed by atoms with E-state index in [1.54, 1.807) is 4.90 Å². The van der Waals surface area contributed by atoms with Crippen LogP contribution < -0.4 is 15.1 Å². The Kier molecular flexibility index (Phi) is 6.23. The first-order valence-electron chi connectivity index (χ1n) is 8.95. The quantitative estimate of drug-likeness (QED) is 0.836. The Morgan fingerprint density at radius 3 is 2.58 bits per heavy atom. The molecule has 1 atom stereocenters. The van der Waals surface area contributed by atoms with Gasteiger partial charge >= 0.3 is 0 Å². The fourth-order valence-electron chi connectivity index (χ4n) is 3.24. The Hall–Kier alpha value is -2.04. The topological polar surface area (TPSA) is 52.7 Å². The number of amides is 2. The first-order chi connectivity index (χ1) is 11.5. The van der Waals surface area contributed by atoms with E-state index in [-0.39, 0.29) is 17.7 Å². The summed E-state index contributed by atoms with van der Waals surface area (Å²) in [4.78, 5) is 28.6. The van der Waals surface area contributed by atoms with E-state index in [0.717, 1.165) is 30.8 Å². The summed E-state index contributed by atoms with van der Waals surface area (Å²) >= 11 is 0. The molecule has 0 bridgehead atoms. The standard InChI is InChI=1S/C19H29N3O2/c1-5-10-20-19(24)15-12-18(23)22(13-15)17-9-8-16(11-14(17)4)21(6-2)7-3/h8-9,11,15H,5-7,10,12-13H2,1-4H3,(H,20,24). The number of nitrogens with zero attached hydrogens (tertiary/aromatic N) is 2. The lowest BCUT2D eigenvalue weighted by Crippen LogP contribution is -2.33. The van der Waals surface area contributed by atoms with Crippen molar-refractivity contribution in [2.75, 3.05) is 36.0 Å². The molecule has 1 aromatic rings. The van der Waals surface area contributed by atoms with E-state index in [4.69, 9.17) is 0 Å². The van der Waals surface area contributed by atoms with Crippen molar-refractivity contribution in [3.8, 4) is 0 Å². The van der Waals surface area contributed by atoms with Crippen LogP contribution in [0.5, 0.6) is 0 Å². The van der Waals surface area contributed by atoms with Crippen molar-refractivity contribution in [1.29, 1.82) is 0 Å². The minimum atomic E-state index is -0.245. The number of benzene rings is 1. The summed E-state index contributed by atoms with van der Waals surface area (Å²) in [6, 6.07) is 6.19. The second-order valence-electron chi connectivity index (χ2n) is 6.34. The maximum absolute atomic E-state index is 12.4. The van der Waals surface area contributed by atoms with Gasteiger partial charge in [0.1, 0.15) is 0 Å². The Morgan fingerprint density at radius 1 is 1.29 bits per heavy atom. The SMILES string of the molecule is CCCNC(=O)C1CC(=O)N(c2ccc(N(CC)CC)cc2C)C1. The normalized spacial score (nSPS) is 17.2. The number of rotatable bonds is 7. The van der Waals surface area contributed by atoms with Crippen molar-refractivity contribution in [1.82, 2.24) is 5.32 Å². The highest BCUT2D eigenvalue weighted by Gasteiger charge is 2.35. The van der Waals surface area contributed by atoms with E-state index >= 15 is 0 Å². The van der Waals surface area contributed by atoms with Crippen LogP contribution in [0.2, 0.25) is 0 Å². The number of hydrogen-bond donors (Lipinski definition) is 1. The fraction of sp³-hybridized carbons (Fsp3) is 0.579. The molecule has 5 heteroatoms. The lowest BCUT2D eigenvalue weighted by molar-refractivity contribution is -0.126. The average molecular weight is 331 g/mol. The zero-order chi connectivity index (χ0) is 17.7. The van der Waals surface area contributed by atoms with Gasteiger partial charge < -0.3 is 15.1 Å². The van der Waals surface area contributed by atoms with Gasteiger partial charge in [-0.05, 0) is 51.0 Å². The predicted molar refractivity (Wildman–Crippen MR) is 98.5 cm³/mol. The molecule has 0 saturated carbocycles. The van der Waals surface area contributed by atoms with Crippen LogP contribution in [0.25, 0.3) is 0 Å². The molecular formula is C19H29N3O2. The lowest BCUT2D eigenvalue weighted by Gasteiger charge is -2.24. The summed E-state index contributed by atoms with van der Waals surface area (Å²) in [5, 5.41) is 2.90. The largest absolute Gasteiger partial charge is 0.372 e. The summed E-state index contributed by atoms with van der Waals surface area (Å²) in [6.45, 7) is 11.4. The molecule has 1 aliphatic rings. The van der Waals surface area contributed by atoms with Gasteiger partial charge in [-0.25, -0.2) is 0 Å². The highest BCUT2D eigenvalue weighted by Crippen LogP contribution is 2.30. The predicted octanol–water partition coefficient (Wildman–Crippen LogP) is 2.72. The van der Waals surface area contributed by atoms with Crippen LogP contribution in [0.3, 0.4) is 0 Å². The number of carbonyl (C=O) groups is 2. The van der Waals surface area contributed by atoms with Crippen LogP contribution in [0.15, 0.2) is 18.2 Å². The van der Waals surface area contributed by atoms with Gasteiger partial charge in [-0.3, -0.25) is 9.59 Å². The van der Waals surface area contributed by atoms with Crippen molar-refractivity contribution in [2.24, 2.45) is 5.92 Å². The molecule has 1 unspecified atom stereocenters. The summed E-state index contributed by atoms with van der Waals surface area (Å²) < 4.78 is 0. The van der Waals surface area contributed by atoms with E-state index in [2.05, 4.69) is 36.2 Å². The van der Waals surface area contributed by atoms with Gasteiger partial charge in [0.05, 0.1) is 5.92 Å². The molecule has 0 spiro atoms. The number of hydrogen-bond acceptors (Lipinski definition) is 3. The average Bonchev–Trinajstić information content (AvgIpc) is 2.95. The van der Waals surface area contributed by atoms with Gasteiger partial charge in [0.15, 0.2) is 0 Å². The Bertz CT molecular complexity index is 596. The van der Waals surface area contributed by atoms with E-state index in [1.807, 2.05) is 19.9 Å². The fourth-order valence-corrected chi connectivity index (χ4v) is 3.24. The van der Waals surface area contributed by atoms with Crippen LogP contribution in [-0.4, -0.2) is 38.0 Å². The van der Waals surface area contributed by atoms with Gasteiger partial charge in [0.2, 0.25) is 11.8 Å². The molecule has 1 N–H and O–H groups in total. The molecule has 1 heterocycles. The molecular weight excluding hydrogens is 302 g/mol. The Balaban J connectivity index is 2.14. The van der Waals surface area contributed by atoms with Gasteiger partial charge in [-0.1, -0.05) is 6.92 Å². The molecule has 1 saturated heterocycles. The van der Waals surface area contributed by atoms with Crippen molar-refractivity contribution in [3.63, 3.8) is 0 Å². The maximum atomic E-state index is 12.4. The summed E-state index contributed by atoms with van der Waals surface area (Å²) in [7, 11) is 0. The third-order valence-electron chi connectivity index (χ3n) is 4.64. The molecule has 0 aromatic heterocycles. The minimum absolute atomic E-state index is 0.00915.